The Bertz CT molecular complexity index is 1270. The molecular weight excluding hydrogens is 494 g/mol. The number of pyridine rings is 1. The topological polar surface area (TPSA) is 98.7 Å². The maximum Gasteiger partial charge on any atom is 0.341 e. The van der Waals surface area contributed by atoms with Crippen LogP contribution >= 0.6 is 0 Å². The molecule has 1 saturated heterocycles. The van der Waals surface area contributed by atoms with E-state index in [-0.39, 0.29) is 5.97 Å². The molecule has 1 aliphatic carbocycles. The van der Waals surface area contributed by atoms with Crippen molar-refractivity contribution in [1.82, 2.24) is 15.0 Å². The molecule has 3 aromatic rings. The third-order valence-corrected chi connectivity index (χ3v) is 7.99. The summed E-state index contributed by atoms with van der Waals surface area (Å²) in [5, 5.41) is 4.83. The van der Waals surface area contributed by atoms with E-state index in [1.165, 1.54) is 37.8 Å². The molecular formula is C30H39N5O4. The summed E-state index contributed by atoms with van der Waals surface area (Å²) >= 11 is 0. The number of nitrogens with zero attached hydrogens (tertiary/aromatic N) is 4. The average Bonchev–Trinajstić information content (AvgIpc) is 3.00. The first-order valence-corrected chi connectivity index (χ1v) is 14.1. The molecule has 0 spiro atoms. The van der Waals surface area contributed by atoms with Crippen molar-refractivity contribution in [2.24, 2.45) is 5.92 Å². The van der Waals surface area contributed by atoms with E-state index < -0.39 is 0 Å². The predicted molar refractivity (Wildman–Crippen MR) is 152 cm³/mol. The fraction of sp³-hybridized carbons (Fsp3) is 0.533. The van der Waals surface area contributed by atoms with Gasteiger partial charge in [-0.3, -0.25) is 4.98 Å². The molecule has 1 saturated carbocycles. The fourth-order valence-corrected chi connectivity index (χ4v) is 5.72. The monoisotopic (exact) mass is 533 g/mol. The van der Waals surface area contributed by atoms with Crippen LogP contribution in [0.4, 0.5) is 11.6 Å². The fourth-order valence-electron chi connectivity index (χ4n) is 5.72. The molecule has 9 nitrogen and oxygen atoms in total. The highest BCUT2D eigenvalue weighted by Gasteiger charge is 2.23. The van der Waals surface area contributed by atoms with Crippen molar-refractivity contribution in [3.63, 3.8) is 0 Å². The maximum absolute atomic E-state index is 11.9. The number of nitrogens with one attached hydrogen (secondary N) is 1. The van der Waals surface area contributed by atoms with Crippen LogP contribution in [0.5, 0.6) is 11.5 Å². The SMILES string of the molecule is CCOC(=O)c1cnc(N2CCC(CNc3cc(C4CCCCC4)nc4cc(OC)c(OC)cc34)CC2)nc1. The number of hydrogen-bond donors (Lipinski definition) is 1. The average molecular weight is 534 g/mol. The summed E-state index contributed by atoms with van der Waals surface area (Å²) in [6.45, 7) is 4.75. The smallest absolute Gasteiger partial charge is 0.341 e. The molecule has 1 aliphatic heterocycles. The number of benzene rings is 1. The minimum atomic E-state index is -0.389. The van der Waals surface area contributed by atoms with Crippen molar-refractivity contribution in [3.8, 4) is 11.5 Å². The number of ether oxygens (including phenoxy) is 3. The lowest BCUT2D eigenvalue weighted by atomic mass is 9.86. The highest BCUT2D eigenvalue weighted by Crippen LogP contribution is 2.39. The number of aromatic nitrogens is 3. The van der Waals surface area contributed by atoms with Crippen molar-refractivity contribution in [2.75, 3.05) is 50.7 Å². The van der Waals surface area contributed by atoms with Crippen molar-refractivity contribution in [3.05, 3.63) is 41.9 Å². The van der Waals surface area contributed by atoms with Gasteiger partial charge in [0.25, 0.3) is 0 Å². The van der Waals surface area contributed by atoms with Gasteiger partial charge in [-0.05, 0) is 50.7 Å². The van der Waals surface area contributed by atoms with Gasteiger partial charge in [0.15, 0.2) is 11.5 Å². The number of rotatable bonds is 9. The highest BCUT2D eigenvalue weighted by molar-refractivity contribution is 5.94. The van der Waals surface area contributed by atoms with Crippen LogP contribution in [0.1, 0.15) is 73.8 Å². The number of carbonyl (C=O) groups excluding carboxylic acids is 1. The normalized spacial score (nSPS) is 16.7. The largest absolute Gasteiger partial charge is 0.493 e. The number of methoxy groups -OCH3 is 2. The van der Waals surface area contributed by atoms with E-state index in [1.54, 1.807) is 33.5 Å². The van der Waals surface area contributed by atoms with Gasteiger partial charge in [-0.2, -0.15) is 0 Å². The van der Waals surface area contributed by atoms with Crippen LogP contribution in [0.2, 0.25) is 0 Å². The van der Waals surface area contributed by atoms with E-state index in [0.717, 1.165) is 49.1 Å². The number of esters is 1. The number of piperidine rings is 1. The number of fused-ring (bicyclic) bond motifs is 1. The van der Waals surface area contributed by atoms with Crippen molar-refractivity contribution < 1.29 is 19.0 Å². The third-order valence-electron chi connectivity index (χ3n) is 7.99. The van der Waals surface area contributed by atoms with Crippen molar-refractivity contribution in [1.29, 1.82) is 0 Å². The Hall–Kier alpha value is -3.62. The molecule has 39 heavy (non-hydrogen) atoms. The first kappa shape index (κ1) is 27.0. The molecule has 0 bridgehead atoms. The van der Waals surface area contributed by atoms with Crippen LogP contribution in [-0.4, -0.2) is 61.4 Å². The van der Waals surface area contributed by atoms with Crippen LogP contribution in [0.3, 0.4) is 0 Å². The molecule has 0 unspecified atom stereocenters. The van der Waals surface area contributed by atoms with E-state index in [9.17, 15) is 4.79 Å². The molecule has 0 atom stereocenters. The van der Waals surface area contributed by atoms with Gasteiger partial charge in [-0.15, -0.1) is 0 Å². The van der Waals surface area contributed by atoms with Gasteiger partial charge in [0.2, 0.25) is 5.95 Å². The zero-order valence-corrected chi connectivity index (χ0v) is 23.2. The molecule has 1 N–H and O–H groups in total. The van der Waals surface area contributed by atoms with Crippen LogP contribution in [0.15, 0.2) is 30.6 Å². The molecule has 2 aromatic heterocycles. The van der Waals surface area contributed by atoms with E-state index in [1.807, 2.05) is 12.1 Å². The third kappa shape index (κ3) is 6.18. The predicted octanol–water partition coefficient (Wildman–Crippen LogP) is 5.59. The first-order valence-electron chi connectivity index (χ1n) is 14.1. The summed E-state index contributed by atoms with van der Waals surface area (Å²) in [4.78, 5) is 28.0. The van der Waals surface area contributed by atoms with Crippen LogP contribution < -0.4 is 19.7 Å². The van der Waals surface area contributed by atoms with Gasteiger partial charge >= 0.3 is 5.97 Å². The molecule has 5 rings (SSSR count). The molecule has 0 radical (unpaired) electrons. The van der Waals surface area contributed by atoms with Gasteiger partial charge < -0.3 is 24.4 Å². The summed E-state index contributed by atoms with van der Waals surface area (Å²) in [5.41, 5.74) is 3.61. The Labute approximate surface area is 230 Å². The second-order valence-corrected chi connectivity index (χ2v) is 10.5. The van der Waals surface area contributed by atoms with Crippen LogP contribution in [0.25, 0.3) is 10.9 Å². The molecule has 208 valence electrons. The molecule has 9 heteroatoms. The molecule has 0 amide bonds. The lowest BCUT2D eigenvalue weighted by molar-refractivity contribution is 0.0525. The van der Waals surface area contributed by atoms with Crippen molar-refractivity contribution in [2.45, 2.75) is 57.8 Å². The molecule has 1 aromatic carbocycles. The zero-order valence-electron chi connectivity index (χ0n) is 23.2. The Kier molecular flexibility index (Phi) is 8.64. The first-order chi connectivity index (χ1) is 19.1. The zero-order chi connectivity index (χ0) is 27.2. The summed E-state index contributed by atoms with van der Waals surface area (Å²) in [6.07, 6.45) is 11.4. The van der Waals surface area contributed by atoms with Gasteiger partial charge in [0.05, 0.1) is 31.9 Å². The van der Waals surface area contributed by atoms with E-state index in [2.05, 4.69) is 26.3 Å². The second-order valence-electron chi connectivity index (χ2n) is 10.5. The van der Waals surface area contributed by atoms with E-state index in [4.69, 9.17) is 19.2 Å². The molecule has 3 heterocycles. The van der Waals surface area contributed by atoms with Gasteiger partial charge in [-0.1, -0.05) is 19.3 Å². The minimum absolute atomic E-state index is 0.334. The lowest BCUT2D eigenvalue weighted by Crippen LogP contribution is -2.37. The minimum Gasteiger partial charge on any atom is -0.493 e. The Morgan fingerprint density at radius 2 is 1.67 bits per heavy atom. The highest BCUT2D eigenvalue weighted by atomic mass is 16.5. The van der Waals surface area contributed by atoms with Gasteiger partial charge in [-0.25, -0.2) is 14.8 Å². The van der Waals surface area contributed by atoms with Gasteiger partial charge in [0, 0.05) is 60.8 Å². The second kappa shape index (κ2) is 12.5. The number of anilines is 2. The number of carbonyl (C=O) groups is 1. The quantitative estimate of drug-likeness (QED) is 0.353. The summed E-state index contributed by atoms with van der Waals surface area (Å²) in [5.74, 6) is 2.72. The van der Waals surface area contributed by atoms with Gasteiger partial charge in [0.1, 0.15) is 0 Å². The number of hydrogen-bond acceptors (Lipinski definition) is 9. The Morgan fingerprint density at radius 1 is 0.974 bits per heavy atom. The van der Waals surface area contributed by atoms with E-state index in [0.29, 0.717) is 41.5 Å². The summed E-state index contributed by atoms with van der Waals surface area (Å²) in [6, 6.07) is 6.30. The lowest BCUT2D eigenvalue weighted by Gasteiger charge is -2.32. The van der Waals surface area contributed by atoms with Crippen LogP contribution in [0, 0.1) is 5.92 Å². The van der Waals surface area contributed by atoms with Crippen molar-refractivity contribution >= 4 is 28.5 Å². The molecule has 2 fully saturated rings. The Morgan fingerprint density at radius 3 is 2.33 bits per heavy atom. The molecule has 2 aliphatic rings. The summed E-state index contributed by atoms with van der Waals surface area (Å²) in [7, 11) is 3.34. The maximum atomic E-state index is 11.9. The standard InChI is InChI=1S/C30H39N5O4/c1-4-39-29(36)22-18-32-30(33-19-22)35-12-10-20(11-13-35)17-31-25-15-24(21-8-6-5-7-9-21)34-26-16-28(38-3)27(37-2)14-23(25)26/h14-16,18-21H,4-13,17H2,1-3H3,(H,31,34). The van der Waals surface area contributed by atoms with E-state index >= 15 is 0 Å². The Balaban J connectivity index is 1.27. The summed E-state index contributed by atoms with van der Waals surface area (Å²) < 4.78 is 16.2. The van der Waals surface area contributed by atoms with Crippen LogP contribution in [-0.2, 0) is 4.74 Å².